The molecule has 1 aromatic carbocycles. The maximum Gasteiger partial charge on any atom is 0.152 e. The first kappa shape index (κ1) is 14.1. The van der Waals surface area contributed by atoms with Gasteiger partial charge in [0.05, 0.1) is 6.04 Å². The predicted octanol–water partition coefficient (Wildman–Crippen LogP) is 3.75. The van der Waals surface area contributed by atoms with Crippen LogP contribution in [0.3, 0.4) is 0 Å². The lowest BCUT2D eigenvalue weighted by atomic mass is 9.93. The zero-order valence-electron chi connectivity index (χ0n) is 12.6. The fraction of sp³-hybridized carbons (Fsp3) is 0.588. The van der Waals surface area contributed by atoms with E-state index < -0.39 is 0 Å². The van der Waals surface area contributed by atoms with E-state index in [0.717, 1.165) is 25.8 Å². The van der Waals surface area contributed by atoms with Crippen LogP contribution in [-0.4, -0.2) is 18.4 Å². The van der Waals surface area contributed by atoms with Crippen LogP contribution in [0.1, 0.15) is 44.7 Å². The lowest BCUT2D eigenvalue weighted by molar-refractivity contribution is -0.118. The van der Waals surface area contributed by atoms with E-state index in [-0.39, 0.29) is 6.04 Å². The van der Waals surface area contributed by atoms with Gasteiger partial charge in [-0.1, -0.05) is 31.5 Å². The molecule has 0 fully saturated rings. The summed E-state index contributed by atoms with van der Waals surface area (Å²) in [5, 5.41) is 0. The van der Waals surface area contributed by atoms with Gasteiger partial charge in [-0.25, -0.2) is 0 Å². The molecule has 2 nitrogen and oxygen atoms in total. The number of carbonyl (C=O) groups excluding carboxylic acids is 1. The Labute approximate surface area is 116 Å². The molecule has 0 saturated heterocycles. The highest BCUT2D eigenvalue weighted by Crippen LogP contribution is 2.31. The van der Waals surface area contributed by atoms with Crippen LogP contribution < -0.4 is 4.90 Å². The van der Waals surface area contributed by atoms with Gasteiger partial charge in [-0.3, -0.25) is 4.79 Å². The lowest BCUT2D eigenvalue weighted by Gasteiger charge is -2.37. The summed E-state index contributed by atoms with van der Waals surface area (Å²) in [6.07, 6.45) is 3.24. The molecule has 104 valence electrons. The van der Waals surface area contributed by atoms with Crippen LogP contribution in [0, 0.1) is 12.8 Å². The first-order valence-corrected chi connectivity index (χ1v) is 7.35. The normalized spacial score (nSPS) is 16.4. The first-order valence-electron chi connectivity index (χ1n) is 7.35. The van der Waals surface area contributed by atoms with Crippen molar-refractivity contribution in [2.75, 3.05) is 11.4 Å². The lowest BCUT2D eigenvalue weighted by Crippen LogP contribution is -2.44. The highest BCUT2D eigenvalue weighted by atomic mass is 16.1. The summed E-state index contributed by atoms with van der Waals surface area (Å²) in [4.78, 5) is 14.3. The molecule has 2 heteroatoms. The van der Waals surface area contributed by atoms with Crippen LogP contribution in [0.15, 0.2) is 18.2 Å². The van der Waals surface area contributed by atoms with Gasteiger partial charge in [0.25, 0.3) is 0 Å². The fourth-order valence-corrected chi connectivity index (χ4v) is 3.04. The minimum absolute atomic E-state index is 0.0433. The summed E-state index contributed by atoms with van der Waals surface area (Å²) in [7, 11) is 0. The minimum atomic E-state index is 0.0433. The SMILES string of the molecule is CC(=O)C(CC(C)C)N1CCCc2cc(C)ccc21. The second-order valence-electron chi connectivity index (χ2n) is 6.19. The van der Waals surface area contributed by atoms with E-state index in [1.165, 1.54) is 16.8 Å². The van der Waals surface area contributed by atoms with E-state index in [0.29, 0.717) is 11.7 Å². The largest absolute Gasteiger partial charge is 0.361 e. The number of ketones is 1. The van der Waals surface area contributed by atoms with Gasteiger partial charge in [0.2, 0.25) is 0 Å². The Morgan fingerprint density at radius 2 is 2.11 bits per heavy atom. The molecule has 0 aromatic heterocycles. The molecule has 0 saturated carbocycles. The number of carbonyl (C=O) groups is 1. The average Bonchev–Trinajstić information content (AvgIpc) is 2.34. The van der Waals surface area contributed by atoms with Crippen molar-refractivity contribution in [3.05, 3.63) is 29.3 Å². The van der Waals surface area contributed by atoms with Crippen molar-refractivity contribution in [3.8, 4) is 0 Å². The maximum absolute atomic E-state index is 12.0. The van der Waals surface area contributed by atoms with Crippen LogP contribution in [0.25, 0.3) is 0 Å². The van der Waals surface area contributed by atoms with Gasteiger partial charge in [-0.05, 0) is 50.7 Å². The van der Waals surface area contributed by atoms with E-state index in [1.54, 1.807) is 6.92 Å². The first-order chi connectivity index (χ1) is 8.99. The van der Waals surface area contributed by atoms with E-state index in [4.69, 9.17) is 0 Å². The number of aryl methyl sites for hydroxylation is 2. The number of hydrogen-bond acceptors (Lipinski definition) is 2. The second kappa shape index (κ2) is 5.77. The maximum atomic E-state index is 12.0. The minimum Gasteiger partial charge on any atom is -0.361 e. The molecule has 19 heavy (non-hydrogen) atoms. The molecule has 1 aliphatic rings. The summed E-state index contributed by atoms with van der Waals surface area (Å²) in [5.74, 6) is 0.840. The molecule has 1 atom stereocenters. The molecule has 1 aliphatic heterocycles. The van der Waals surface area contributed by atoms with Crippen molar-refractivity contribution in [3.63, 3.8) is 0 Å². The molecule has 0 bridgehead atoms. The predicted molar refractivity (Wildman–Crippen MR) is 80.8 cm³/mol. The van der Waals surface area contributed by atoms with Crippen LogP contribution in [0.2, 0.25) is 0 Å². The third kappa shape index (κ3) is 3.17. The van der Waals surface area contributed by atoms with Gasteiger partial charge >= 0.3 is 0 Å². The van der Waals surface area contributed by atoms with Crippen LogP contribution >= 0.6 is 0 Å². The molecule has 0 spiro atoms. The van der Waals surface area contributed by atoms with Crippen molar-refractivity contribution in [1.29, 1.82) is 0 Å². The van der Waals surface area contributed by atoms with Gasteiger partial charge in [0.1, 0.15) is 0 Å². The number of Topliss-reactive ketones (excluding diaryl/α,β-unsaturated/α-hetero) is 1. The highest BCUT2D eigenvalue weighted by Gasteiger charge is 2.27. The zero-order chi connectivity index (χ0) is 14.0. The molecule has 0 amide bonds. The van der Waals surface area contributed by atoms with Crippen LogP contribution in [-0.2, 0) is 11.2 Å². The molecular formula is C17H25NO. The molecule has 1 unspecified atom stereocenters. The van der Waals surface area contributed by atoms with Gasteiger partial charge < -0.3 is 4.90 Å². The molecule has 0 N–H and O–H groups in total. The summed E-state index contributed by atoms with van der Waals surface area (Å²) in [5.41, 5.74) is 3.99. The molecule has 1 heterocycles. The van der Waals surface area contributed by atoms with Crippen LogP contribution in [0.4, 0.5) is 5.69 Å². The zero-order valence-corrected chi connectivity index (χ0v) is 12.6. The fourth-order valence-electron chi connectivity index (χ4n) is 3.04. The highest BCUT2D eigenvalue weighted by molar-refractivity contribution is 5.85. The summed E-state index contributed by atoms with van der Waals surface area (Å²) in [6, 6.07) is 6.67. The number of anilines is 1. The number of fused-ring (bicyclic) bond motifs is 1. The van der Waals surface area contributed by atoms with E-state index in [1.807, 2.05) is 0 Å². The third-order valence-corrected chi connectivity index (χ3v) is 3.93. The number of benzene rings is 1. The van der Waals surface area contributed by atoms with E-state index in [2.05, 4.69) is 43.9 Å². The quantitative estimate of drug-likeness (QED) is 0.820. The topological polar surface area (TPSA) is 20.3 Å². The van der Waals surface area contributed by atoms with Gasteiger partial charge in [0, 0.05) is 12.2 Å². The second-order valence-corrected chi connectivity index (χ2v) is 6.19. The molecule has 2 rings (SSSR count). The van der Waals surface area contributed by atoms with Gasteiger partial charge in [0.15, 0.2) is 5.78 Å². The van der Waals surface area contributed by atoms with E-state index in [9.17, 15) is 4.79 Å². The average molecular weight is 259 g/mol. The molecule has 0 radical (unpaired) electrons. The van der Waals surface area contributed by atoms with Crippen molar-refractivity contribution in [2.45, 2.75) is 53.0 Å². The summed E-state index contributed by atoms with van der Waals surface area (Å²) in [6.45, 7) is 9.25. The molecular weight excluding hydrogens is 234 g/mol. The molecule has 0 aliphatic carbocycles. The van der Waals surface area contributed by atoms with Crippen molar-refractivity contribution >= 4 is 11.5 Å². The van der Waals surface area contributed by atoms with Gasteiger partial charge in [-0.15, -0.1) is 0 Å². The Bertz CT molecular complexity index is 464. The van der Waals surface area contributed by atoms with Gasteiger partial charge in [-0.2, -0.15) is 0 Å². The number of rotatable bonds is 4. The summed E-state index contributed by atoms with van der Waals surface area (Å²) >= 11 is 0. The third-order valence-electron chi connectivity index (χ3n) is 3.93. The Morgan fingerprint density at radius 3 is 2.74 bits per heavy atom. The van der Waals surface area contributed by atoms with E-state index >= 15 is 0 Å². The summed E-state index contributed by atoms with van der Waals surface area (Å²) < 4.78 is 0. The van der Waals surface area contributed by atoms with Crippen molar-refractivity contribution in [2.24, 2.45) is 5.92 Å². The van der Waals surface area contributed by atoms with Crippen molar-refractivity contribution in [1.82, 2.24) is 0 Å². The van der Waals surface area contributed by atoms with Crippen LogP contribution in [0.5, 0.6) is 0 Å². The number of hydrogen-bond donors (Lipinski definition) is 0. The Balaban J connectivity index is 2.33. The van der Waals surface area contributed by atoms with Crippen molar-refractivity contribution < 1.29 is 4.79 Å². The standard InChI is InChI=1S/C17H25NO/c1-12(2)10-17(14(4)19)18-9-5-6-15-11-13(3)7-8-16(15)18/h7-8,11-12,17H,5-6,9-10H2,1-4H3. The Kier molecular flexibility index (Phi) is 4.28. The number of nitrogens with zero attached hydrogens (tertiary/aromatic N) is 1. The monoisotopic (exact) mass is 259 g/mol. The Morgan fingerprint density at radius 1 is 1.37 bits per heavy atom. The smallest absolute Gasteiger partial charge is 0.152 e. The Hall–Kier alpha value is -1.31. The molecule has 1 aromatic rings.